The Kier molecular flexibility index (Phi) is 5.78. The number of carbonyl (C=O) groups excluding carboxylic acids is 1. The van der Waals surface area contributed by atoms with Crippen molar-refractivity contribution in [2.75, 3.05) is 32.4 Å². The third-order valence-corrected chi connectivity index (χ3v) is 6.66. The standard InChI is InChI=1S/C22H25N3O4S/c1-30(27,28)25-13-11-23(12-14-25)22(26)16-24-10-9-19-15-20(7-8-21(19)24)29-17-18-5-3-2-4-6-18/h2-10,15H,11-14,16-17H2,1H3. The summed E-state index contributed by atoms with van der Waals surface area (Å²) in [5.74, 6) is 0.775. The maximum atomic E-state index is 12.7. The third kappa shape index (κ3) is 4.66. The Balaban J connectivity index is 1.38. The quantitative estimate of drug-likeness (QED) is 0.605. The van der Waals surface area contributed by atoms with E-state index in [1.807, 2.05) is 65.4 Å². The van der Waals surface area contributed by atoms with E-state index < -0.39 is 10.0 Å². The first-order valence-corrected chi connectivity index (χ1v) is 11.7. The Hall–Kier alpha value is -2.84. The summed E-state index contributed by atoms with van der Waals surface area (Å²) >= 11 is 0. The predicted octanol–water partition coefficient (Wildman–Crippen LogP) is 2.32. The van der Waals surface area contributed by atoms with Crippen LogP contribution < -0.4 is 4.74 Å². The van der Waals surface area contributed by atoms with Crippen LogP contribution in [0.1, 0.15) is 5.56 Å². The minimum Gasteiger partial charge on any atom is -0.489 e. The molecule has 1 aliphatic rings. The molecule has 2 heterocycles. The van der Waals surface area contributed by atoms with Gasteiger partial charge < -0.3 is 14.2 Å². The van der Waals surface area contributed by atoms with Crippen molar-refractivity contribution in [2.24, 2.45) is 0 Å². The predicted molar refractivity (Wildman–Crippen MR) is 116 cm³/mol. The van der Waals surface area contributed by atoms with Crippen LogP contribution in [0.5, 0.6) is 5.75 Å². The number of aromatic nitrogens is 1. The van der Waals surface area contributed by atoms with Crippen LogP contribution in [-0.4, -0.2) is 60.5 Å². The SMILES string of the molecule is CS(=O)(=O)N1CCN(C(=O)Cn2ccc3cc(OCc4ccccc4)ccc32)CC1. The highest BCUT2D eigenvalue weighted by Gasteiger charge is 2.26. The number of ether oxygens (including phenoxy) is 1. The van der Waals surface area contributed by atoms with Crippen molar-refractivity contribution in [3.8, 4) is 5.75 Å². The summed E-state index contributed by atoms with van der Waals surface area (Å²) in [5, 5.41) is 1.01. The Morgan fingerprint density at radius 3 is 2.43 bits per heavy atom. The smallest absolute Gasteiger partial charge is 0.242 e. The van der Waals surface area contributed by atoms with E-state index in [0.29, 0.717) is 32.8 Å². The van der Waals surface area contributed by atoms with Crippen LogP contribution in [0.4, 0.5) is 0 Å². The molecule has 0 N–H and O–H groups in total. The number of amides is 1. The van der Waals surface area contributed by atoms with Gasteiger partial charge in [0.1, 0.15) is 18.9 Å². The topological polar surface area (TPSA) is 71.9 Å². The molecule has 7 nitrogen and oxygen atoms in total. The van der Waals surface area contributed by atoms with Crippen molar-refractivity contribution >= 4 is 26.8 Å². The second-order valence-corrected chi connectivity index (χ2v) is 9.46. The van der Waals surface area contributed by atoms with Gasteiger partial charge in [0.25, 0.3) is 0 Å². The molecule has 0 unspecified atom stereocenters. The molecule has 0 radical (unpaired) electrons. The molecule has 1 amide bonds. The fourth-order valence-corrected chi connectivity index (χ4v) is 4.49. The van der Waals surface area contributed by atoms with Gasteiger partial charge >= 0.3 is 0 Å². The van der Waals surface area contributed by atoms with Gasteiger partial charge in [0, 0.05) is 43.3 Å². The average Bonchev–Trinajstić information content (AvgIpc) is 3.14. The Labute approximate surface area is 176 Å². The lowest BCUT2D eigenvalue weighted by atomic mass is 10.2. The van der Waals surface area contributed by atoms with Crippen LogP contribution in [0.15, 0.2) is 60.8 Å². The maximum absolute atomic E-state index is 12.7. The molecular weight excluding hydrogens is 402 g/mol. The fourth-order valence-electron chi connectivity index (χ4n) is 3.66. The minimum absolute atomic E-state index is 0.00921. The largest absolute Gasteiger partial charge is 0.489 e. The molecule has 4 rings (SSSR count). The van der Waals surface area contributed by atoms with Crippen molar-refractivity contribution in [1.82, 2.24) is 13.8 Å². The first-order valence-electron chi connectivity index (χ1n) is 9.89. The summed E-state index contributed by atoms with van der Waals surface area (Å²) in [7, 11) is -3.20. The summed E-state index contributed by atoms with van der Waals surface area (Å²) in [6, 6.07) is 17.8. The van der Waals surface area contributed by atoms with Crippen molar-refractivity contribution < 1.29 is 17.9 Å². The molecule has 158 valence electrons. The summed E-state index contributed by atoms with van der Waals surface area (Å²) in [6.45, 7) is 2.26. The van der Waals surface area contributed by atoms with E-state index in [1.54, 1.807) is 4.90 Å². The molecule has 0 aliphatic carbocycles. The van der Waals surface area contributed by atoms with Crippen molar-refractivity contribution in [3.05, 3.63) is 66.4 Å². The van der Waals surface area contributed by atoms with Gasteiger partial charge in [-0.25, -0.2) is 8.42 Å². The van der Waals surface area contributed by atoms with E-state index in [1.165, 1.54) is 10.6 Å². The molecule has 3 aromatic rings. The number of hydrogen-bond acceptors (Lipinski definition) is 4. The zero-order valence-corrected chi connectivity index (χ0v) is 17.7. The molecule has 8 heteroatoms. The number of sulfonamides is 1. The molecule has 1 aromatic heterocycles. The molecule has 1 aliphatic heterocycles. The summed E-state index contributed by atoms with van der Waals surface area (Å²) in [4.78, 5) is 14.4. The Morgan fingerprint density at radius 2 is 1.73 bits per heavy atom. The number of carbonyl (C=O) groups is 1. The molecule has 0 atom stereocenters. The van der Waals surface area contributed by atoms with Gasteiger partial charge in [-0.2, -0.15) is 4.31 Å². The first kappa shape index (κ1) is 20.4. The van der Waals surface area contributed by atoms with Gasteiger partial charge in [0.2, 0.25) is 15.9 Å². The maximum Gasteiger partial charge on any atom is 0.242 e. The number of hydrogen-bond donors (Lipinski definition) is 0. The van der Waals surface area contributed by atoms with Crippen LogP contribution in [0.3, 0.4) is 0 Å². The monoisotopic (exact) mass is 427 g/mol. The van der Waals surface area contributed by atoms with Gasteiger partial charge in [0.05, 0.1) is 6.26 Å². The lowest BCUT2D eigenvalue weighted by Crippen LogP contribution is -2.50. The molecule has 1 saturated heterocycles. The van der Waals surface area contributed by atoms with Crippen molar-refractivity contribution in [2.45, 2.75) is 13.2 Å². The average molecular weight is 428 g/mol. The lowest BCUT2D eigenvalue weighted by Gasteiger charge is -2.33. The van der Waals surface area contributed by atoms with E-state index >= 15 is 0 Å². The number of rotatable bonds is 6. The second kappa shape index (κ2) is 8.49. The van der Waals surface area contributed by atoms with Gasteiger partial charge in [-0.3, -0.25) is 4.79 Å². The highest BCUT2D eigenvalue weighted by molar-refractivity contribution is 7.88. The highest BCUT2D eigenvalue weighted by Crippen LogP contribution is 2.23. The molecule has 1 fully saturated rings. The Morgan fingerprint density at radius 1 is 1.00 bits per heavy atom. The molecular formula is C22H25N3O4S. The van der Waals surface area contributed by atoms with E-state index in [0.717, 1.165) is 22.2 Å². The van der Waals surface area contributed by atoms with Gasteiger partial charge in [0.15, 0.2) is 0 Å². The fraction of sp³-hybridized carbons (Fsp3) is 0.318. The Bertz CT molecular complexity index is 1130. The van der Waals surface area contributed by atoms with Crippen LogP contribution >= 0.6 is 0 Å². The zero-order chi connectivity index (χ0) is 21.1. The number of benzene rings is 2. The lowest BCUT2D eigenvalue weighted by molar-refractivity contribution is -0.132. The van der Waals surface area contributed by atoms with Crippen LogP contribution in [0.25, 0.3) is 10.9 Å². The highest BCUT2D eigenvalue weighted by atomic mass is 32.2. The molecule has 0 bridgehead atoms. The third-order valence-electron chi connectivity index (χ3n) is 5.36. The number of piperazine rings is 1. The van der Waals surface area contributed by atoms with Crippen LogP contribution in [0, 0.1) is 0 Å². The number of fused-ring (bicyclic) bond motifs is 1. The van der Waals surface area contributed by atoms with Crippen LogP contribution in [-0.2, 0) is 28.0 Å². The van der Waals surface area contributed by atoms with Gasteiger partial charge in [-0.1, -0.05) is 30.3 Å². The molecule has 2 aromatic carbocycles. The second-order valence-electron chi connectivity index (χ2n) is 7.48. The van der Waals surface area contributed by atoms with E-state index in [9.17, 15) is 13.2 Å². The van der Waals surface area contributed by atoms with E-state index in [4.69, 9.17) is 4.74 Å². The van der Waals surface area contributed by atoms with Gasteiger partial charge in [-0.05, 0) is 29.8 Å². The van der Waals surface area contributed by atoms with Crippen molar-refractivity contribution in [1.29, 1.82) is 0 Å². The number of nitrogens with zero attached hydrogens (tertiary/aromatic N) is 3. The molecule has 0 saturated carbocycles. The summed E-state index contributed by atoms with van der Waals surface area (Å²) < 4.78 is 32.5. The molecule has 0 spiro atoms. The van der Waals surface area contributed by atoms with Crippen molar-refractivity contribution in [3.63, 3.8) is 0 Å². The minimum atomic E-state index is -3.20. The zero-order valence-electron chi connectivity index (χ0n) is 16.9. The normalized spacial score (nSPS) is 15.4. The molecule has 30 heavy (non-hydrogen) atoms. The summed E-state index contributed by atoms with van der Waals surface area (Å²) in [5.41, 5.74) is 2.07. The summed E-state index contributed by atoms with van der Waals surface area (Å²) in [6.07, 6.45) is 3.10. The van der Waals surface area contributed by atoms with Gasteiger partial charge in [-0.15, -0.1) is 0 Å². The first-order chi connectivity index (χ1) is 14.4. The van der Waals surface area contributed by atoms with E-state index in [2.05, 4.69) is 0 Å². The van der Waals surface area contributed by atoms with Crippen LogP contribution in [0.2, 0.25) is 0 Å². The van der Waals surface area contributed by atoms with E-state index in [-0.39, 0.29) is 12.5 Å².